The molecule has 1 aromatic heterocycles. The highest BCUT2D eigenvalue weighted by Crippen LogP contribution is 2.30. The number of benzene rings is 1. The quantitative estimate of drug-likeness (QED) is 0.537. The first-order valence-corrected chi connectivity index (χ1v) is 14.6. The number of anilines is 1. The average molecular weight is 547 g/mol. The van der Waals surface area contributed by atoms with Crippen molar-refractivity contribution < 1.29 is 14.3 Å². The van der Waals surface area contributed by atoms with Crippen LogP contribution >= 0.6 is 0 Å². The monoisotopic (exact) mass is 546 g/mol. The van der Waals surface area contributed by atoms with E-state index in [1.54, 1.807) is 6.20 Å². The fraction of sp³-hybridized carbons (Fsp3) is 0.516. The number of nitrogens with one attached hydrogen (secondary N) is 2. The van der Waals surface area contributed by atoms with Crippen LogP contribution in [0.1, 0.15) is 24.1 Å². The summed E-state index contributed by atoms with van der Waals surface area (Å²) in [5.41, 5.74) is 3.24. The number of nitrogens with zero attached hydrogens (tertiary/aromatic N) is 4. The molecule has 2 aromatic rings. The summed E-state index contributed by atoms with van der Waals surface area (Å²) in [6, 6.07) is 12.2. The third kappa shape index (κ3) is 7.40. The number of hydrogen-bond donors (Lipinski definition) is 2. The van der Waals surface area contributed by atoms with Crippen molar-refractivity contribution in [3.05, 3.63) is 66.0 Å². The van der Waals surface area contributed by atoms with Crippen LogP contribution in [-0.4, -0.2) is 92.6 Å². The van der Waals surface area contributed by atoms with Gasteiger partial charge < -0.3 is 30.1 Å². The Kier molecular flexibility index (Phi) is 9.67. The molecule has 2 N–H and O–H groups in total. The van der Waals surface area contributed by atoms with Crippen LogP contribution in [0.5, 0.6) is 5.75 Å². The van der Waals surface area contributed by atoms with Crippen LogP contribution < -0.4 is 20.3 Å². The SMILES string of the molecule is CN(CCc1ccccn1)C(=O)C[C@@H]1CCN2C[C@@H]1C=CCOc1ccc(N3CCNCC3)cc1CNCC2=O. The molecule has 1 aromatic carbocycles. The lowest BCUT2D eigenvalue weighted by Gasteiger charge is -2.37. The zero-order valence-corrected chi connectivity index (χ0v) is 23.6. The third-order valence-corrected chi connectivity index (χ3v) is 8.29. The molecule has 3 aliphatic rings. The fourth-order valence-corrected chi connectivity index (χ4v) is 5.81. The molecular weight excluding hydrogens is 504 g/mol. The van der Waals surface area contributed by atoms with E-state index in [1.807, 2.05) is 41.1 Å². The Hall–Kier alpha value is -3.43. The van der Waals surface area contributed by atoms with Crippen molar-refractivity contribution in [1.82, 2.24) is 25.4 Å². The highest BCUT2D eigenvalue weighted by molar-refractivity contribution is 5.79. The molecule has 0 aliphatic carbocycles. The first-order chi connectivity index (χ1) is 19.6. The van der Waals surface area contributed by atoms with Crippen molar-refractivity contribution >= 4 is 17.5 Å². The number of aromatic nitrogens is 1. The van der Waals surface area contributed by atoms with Crippen LogP contribution in [-0.2, 0) is 22.6 Å². The second kappa shape index (κ2) is 13.8. The second-order valence-electron chi connectivity index (χ2n) is 11.0. The molecule has 2 atom stereocenters. The van der Waals surface area contributed by atoms with Gasteiger partial charge in [-0.3, -0.25) is 14.6 Å². The maximum atomic E-state index is 13.1. The molecule has 0 spiro atoms. The van der Waals surface area contributed by atoms with Gasteiger partial charge in [-0.1, -0.05) is 18.2 Å². The molecule has 9 nitrogen and oxygen atoms in total. The molecule has 2 fully saturated rings. The minimum Gasteiger partial charge on any atom is -0.489 e. The second-order valence-corrected chi connectivity index (χ2v) is 11.0. The Morgan fingerprint density at radius 1 is 1.10 bits per heavy atom. The zero-order chi connectivity index (χ0) is 27.7. The molecule has 40 heavy (non-hydrogen) atoms. The molecule has 2 amide bonds. The number of piperazine rings is 1. The summed E-state index contributed by atoms with van der Waals surface area (Å²) >= 11 is 0. The minimum absolute atomic E-state index is 0.107. The molecule has 0 unspecified atom stereocenters. The van der Waals surface area contributed by atoms with Crippen LogP contribution in [0.3, 0.4) is 0 Å². The van der Waals surface area contributed by atoms with Crippen molar-refractivity contribution in [1.29, 1.82) is 0 Å². The smallest absolute Gasteiger partial charge is 0.236 e. The van der Waals surface area contributed by atoms with Gasteiger partial charge in [0.15, 0.2) is 0 Å². The lowest BCUT2D eigenvalue weighted by atomic mass is 9.82. The topological polar surface area (TPSA) is 90.0 Å². The van der Waals surface area contributed by atoms with Gasteiger partial charge in [0, 0.05) is 95.4 Å². The van der Waals surface area contributed by atoms with E-state index in [9.17, 15) is 9.59 Å². The van der Waals surface area contributed by atoms with Gasteiger partial charge in [-0.05, 0) is 48.6 Å². The van der Waals surface area contributed by atoms with Gasteiger partial charge in [0.05, 0.1) is 6.54 Å². The molecule has 9 heteroatoms. The van der Waals surface area contributed by atoms with Gasteiger partial charge in [-0.2, -0.15) is 0 Å². The van der Waals surface area contributed by atoms with Crippen LogP contribution in [0, 0.1) is 11.8 Å². The summed E-state index contributed by atoms with van der Waals surface area (Å²) in [6.45, 7) is 7.19. The Bertz CT molecular complexity index is 1170. The molecule has 2 saturated heterocycles. The summed E-state index contributed by atoms with van der Waals surface area (Å²) < 4.78 is 6.20. The number of fused-ring (bicyclic) bond motifs is 3. The number of amides is 2. The number of carbonyl (C=O) groups excluding carboxylic acids is 2. The molecule has 2 bridgehead atoms. The maximum absolute atomic E-state index is 13.1. The van der Waals surface area contributed by atoms with Gasteiger partial charge in [0.2, 0.25) is 11.8 Å². The lowest BCUT2D eigenvalue weighted by Crippen LogP contribution is -2.47. The number of piperidine rings is 1. The summed E-state index contributed by atoms with van der Waals surface area (Å²) in [5.74, 6) is 1.40. The van der Waals surface area contributed by atoms with Gasteiger partial charge in [-0.25, -0.2) is 0 Å². The van der Waals surface area contributed by atoms with Gasteiger partial charge >= 0.3 is 0 Å². The standard InChI is InChI=1S/C31H42N6O3/c1-35(14-10-27-6-2-3-11-34-27)30(38)20-24-9-15-37-23-25(24)5-4-18-40-29-8-7-28(36-16-12-32-13-17-36)19-26(29)21-33-22-31(37)39/h2-8,11,19,24-25,32-33H,9-10,12-18,20-23H2,1H3/t24-,25-/m0/s1. The number of pyridine rings is 1. The normalized spacial score (nSPS) is 21.9. The van der Waals surface area contributed by atoms with E-state index in [4.69, 9.17) is 4.74 Å². The van der Waals surface area contributed by atoms with Gasteiger partial charge in [0.25, 0.3) is 0 Å². The Balaban J connectivity index is 1.23. The number of hydrogen-bond acceptors (Lipinski definition) is 7. The summed E-state index contributed by atoms with van der Waals surface area (Å²) in [6.07, 6.45) is 8.03. The number of rotatable bonds is 6. The van der Waals surface area contributed by atoms with E-state index in [0.717, 1.165) is 56.0 Å². The number of likely N-dealkylation sites (N-methyl/N-ethyl adjacent to an activating group) is 1. The zero-order valence-electron chi connectivity index (χ0n) is 23.6. The Morgan fingerprint density at radius 2 is 1.98 bits per heavy atom. The van der Waals surface area contributed by atoms with Crippen molar-refractivity contribution in [3.63, 3.8) is 0 Å². The molecular formula is C31H42N6O3. The van der Waals surface area contributed by atoms with E-state index >= 15 is 0 Å². The van der Waals surface area contributed by atoms with E-state index in [0.29, 0.717) is 39.2 Å². The number of ether oxygens (including phenoxy) is 1. The third-order valence-electron chi connectivity index (χ3n) is 8.29. The van der Waals surface area contributed by atoms with Crippen molar-refractivity contribution in [2.45, 2.75) is 25.8 Å². The van der Waals surface area contributed by atoms with Crippen molar-refractivity contribution in [2.24, 2.45) is 11.8 Å². The van der Waals surface area contributed by atoms with E-state index in [-0.39, 0.29) is 30.2 Å². The first kappa shape index (κ1) is 28.1. The van der Waals surface area contributed by atoms with Gasteiger partial charge in [0.1, 0.15) is 12.4 Å². The largest absolute Gasteiger partial charge is 0.489 e. The maximum Gasteiger partial charge on any atom is 0.236 e. The van der Waals surface area contributed by atoms with E-state index in [2.05, 4.69) is 44.8 Å². The highest BCUT2D eigenvalue weighted by Gasteiger charge is 2.32. The summed E-state index contributed by atoms with van der Waals surface area (Å²) in [4.78, 5) is 36.8. The lowest BCUT2D eigenvalue weighted by molar-refractivity contribution is -0.134. The van der Waals surface area contributed by atoms with Crippen molar-refractivity contribution in [2.75, 3.05) is 70.9 Å². The molecule has 5 rings (SSSR count). The summed E-state index contributed by atoms with van der Waals surface area (Å²) in [5, 5.41) is 6.76. The van der Waals surface area contributed by atoms with Gasteiger partial charge in [-0.15, -0.1) is 0 Å². The summed E-state index contributed by atoms with van der Waals surface area (Å²) in [7, 11) is 1.87. The molecule has 0 radical (unpaired) electrons. The fourth-order valence-electron chi connectivity index (χ4n) is 5.81. The molecule has 3 aliphatic heterocycles. The first-order valence-electron chi connectivity index (χ1n) is 14.6. The van der Waals surface area contributed by atoms with E-state index < -0.39 is 0 Å². The predicted octanol–water partition coefficient (Wildman–Crippen LogP) is 2.09. The minimum atomic E-state index is 0.107. The molecule has 4 heterocycles. The van der Waals surface area contributed by atoms with E-state index in [1.165, 1.54) is 5.69 Å². The van der Waals surface area contributed by atoms with Crippen LogP contribution in [0.15, 0.2) is 54.7 Å². The Labute approximate surface area is 237 Å². The molecule has 0 saturated carbocycles. The van der Waals surface area contributed by atoms with Crippen LogP contribution in [0.25, 0.3) is 0 Å². The number of carbonyl (C=O) groups is 2. The van der Waals surface area contributed by atoms with Crippen LogP contribution in [0.2, 0.25) is 0 Å². The van der Waals surface area contributed by atoms with Crippen LogP contribution in [0.4, 0.5) is 5.69 Å². The van der Waals surface area contributed by atoms with Crippen molar-refractivity contribution in [3.8, 4) is 5.75 Å². The highest BCUT2D eigenvalue weighted by atomic mass is 16.5. The molecule has 214 valence electrons. The predicted molar refractivity (Wildman–Crippen MR) is 156 cm³/mol. The Morgan fingerprint density at radius 3 is 2.80 bits per heavy atom. The average Bonchev–Trinajstić information content (AvgIpc) is 3.00.